The molecule has 2 nitrogen and oxygen atoms in total. The fourth-order valence-corrected chi connectivity index (χ4v) is 2.07. The van der Waals surface area contributed by atoms with Gasteiger partial charge in [-0.05, 0) is 43.2 Å². The summed E-state index contributed by atoms with van der Waals surface area (Å²) < 4.78 is 38.0. The number of hydrogen-bond donors (Lipinski definition) is 1. The van der Waals surface area contributed by atoms with Crippen molar-refractivity contribution < 1.29 is 13.2 Å². The van der Waals surface area contributed by atoms with Crippen LogP contribution in [0.1, 0.15) is 22.3 Å². The van der Waals surface area contributed by atoms with Crippen molar-refractivity contribution in [1.82, 2.24) is 0 Å². The summed E-state index contributed by atoms with van der Waals surface area (Å²) in [5, 5.41) is 12.1. The Balaban J connectivity index is 2.44. The highest BCUT2D eigenvalue weighted by Crippen LogP contribution is 2.33. The lowest BCUT2D eigenvalue weighted by Gasteiger charge is -2.15. The normalized spacial score (nSPS) is 11.0. The second-order valence-corrected chi connectivity index (χ2v) is 4.76. The Morgan fingerprint density at radius 2 is 1.67 bits per heavy atom. The minimum absolute atomic E-state index is 0.0347. The van der Waals surface area contributed by atoms with Crippen molar-refractivity contribution in [2.75, 3.05) is 5.32 Å². The predicted molar refractivity (Wildman–Crippen MR) is 75.4 cm³/mol. The average Bonchev–Trinajstić information content (AvgIpc) is 2.42. The zero-order valence-corrected chi connectivity index (χ0v) is 11.5. The van der Waals surface area contributed by atoms with E-state index in [0.717, 1.165) is 28.9 Å². The Hall–Kier alpha value is -2.48. The first-order chi connectivity index (χ1) is 9.82. The van der Waals surface area contributed by atoms with Crippen LogP contribution >= 0.6 is 0 Å². The maximum atomic E-state index is 12.7. The third-order valence-corrected chi connectivity index (χ3v) is 3.21. The molecule has 0 aromatic heterocycles. The predicted octanol–water partition coefficient (Wildman–Crippen LogP) is 4.94. The van der Waals surface area contributed by atoms with Gasteiger partial charge >= 0.3 is 6.18 Å². The van der Waals surface area contributed by atoms with Gasteiger partial charge in [0.15, 0.2) is 0 Å². The number of para-hydroxylation sites is 1. The number of hydrogen-bond acceptors (Lipinski definition) is 2. The lowest BCUT2D eigenvalue weighted by Crippen LogP contribution is -2.06. The molecule has 0 atom stereocenters. The van der Waals surface area contributed by atoms with Gasteiger partial charge in [0.05, 0.1) is 16.8 Å². The van der Waals surface area contributed by atoms with Crippen LogP contribution in [-0.2, 0) is 6.18 Å². The van der Waals surface area contributed by atoms with E-state index in [1.54, 1.807) is 6.07 Å². The number of anilines is 2. The van der Waals surface area contributed by atoms with Crippen LogP contribution in [0.2, 0.25) is 0 Å². The number of nitrogens with one attached hydrogen (secondary N) is 1. The van der Waals surface area contributed by atoms with Gasteiger partial charge in [0.25, 0.3) is 0 Å². The molecular weight excluding hydrogens is 277 g/mol. The number of aryl methyl sites for hydroxylation is 2. The fourth-order valence-electron chi connectivity index (χ4n) is 2.07. The fraction of sp³-hybridized carbons (Fsp3) is 0.188. The quantitative estimate of drug-likeness (QED) is 0.850. The molecule has 0 aliphatic carbocycles. The van der Waals surface area contributed by atoms with Crippen LogP contribution in [0.25, 0.3) is 0 Å². The van der Waals surface area contributed by atoms with Gasteiger partial charge in [0.1, 0.15) is 6.07 Å². The number of halogens is 3. The monoisotopic (exact) mass is 290 g/mol. The van der Waals surface area contributed by atoms with Gasteiger partial charge in [-0.25, -0.2) is 0 Å². The molecule has 0 amide bonds. The van der Waals surface area contributed by atoms with E-state index in [4.69, 9.17) is 5.26 Å². The Bertz CT molecular complexity index is 692. The molecule has 0 radical (unpaired) electrons. The van der Waals surface area contributed by atoms with Gasteiger partial charge in [-0.2, -0.15) is 18.4 Å². The smallest absolute Gasteiger partial charge is 0.354 e. The topological polar surface area (TPSA) is 35.8 Å². The van der Waals surface area contributed by atoms with E-state index in [1.165, 1.54) is 6.07 Å². The van der Waals surface area contributed by atoms with Crippen LogP contribution in [0.4, 0.5) is 24.5 Å². The molecule has 0 aliphatic heterocycles. The molecule has 0 aliphatic rings. The first kappa shape index (κ1) is 14.9. The molecule has 21 heavy (non-hydrogen) atoms. The number of alkyl halides is 3. The molecule has 2 aromatic carbocycles. The number of nitrogens with zero attached hydrogens (tertiary/aromatic N) is 1. The average molecular weight is 290 g/mol. The summed E-state index contributed by atoms with van der Waals surface area (Å²) in [4.78, 5) is 0. The SMILES string of the molecule is Cc1cccc(C)c1Nc1ccc(C(F)(F)F)cc1C#N. The third-order valence-electron chi connectivity index (χ3n) is 3.21. The Morgan fingerprint density at radius 1 is 1.05 bits per heavy atom. The second-order valence-electron chi connectivity index (χ2n) is 4.76. The zero-order valence-electron chi connectivity index (χ0n) is 11.5. The van der Waals surface area contributed by atoms with Crippen LogP contribution < -0.4 is 5.32 Å². The van der Waals surface area contributed by atoms with E-state index in [1.807, 2.05) is 32.0 Å². The summed E-state index contributed by atoms with van der Waals surface area (Å²) in [5.41, 5.74) is 2.22. The van der Waals surface area contributed by atoms with Crippen LogP contribution in [0.5, 0.6) is 0 Å². The highest BCUT2D eigenvalue weighted by molar-refractivity contribution is 5.71. The van der Waals surface area contributed by atoms with Crippen LogP contribution in [-0.4, -0.2) is 0 Å². The van der Waals surface area contributed by atoms with Crippen molar-refractivity contribution in [3.8, 4) is 6.07 Å². The molecule has 1 N–H and O–H groups in total. The molecule has 5 heteroatoms. The molecule has 2 aromatic rings. The van der Waals surface area contributed by atoms with Gasteiger partial charge in [-0.1, -0.05) is 18.2 Å². The molecular formula is C16H13F3N2. The minimum atomic E-state index is -4.46. The molecule has 0 spiro atoms. The lowest BCUT2D eigenvalue weighted by molar-refractivity contribution is -0.137. The summed E-state index contributed by atoms with van der Waals surface area (Å²) >= 11 is 0. The van der Waals surface area contributed by atoms with Gasteiger partial charge < -0.3 is 5.32 Å². The van der Waals surface area contributed by atoms with Gasteiger partial charge in [0.2, 0.25) is 0 Å². The highest BCUT2D eigenvalue weighted by Gasteiger charge is 2.31. The number of rotatable bonds is 2. The maximum Gasteiger partial charge on any atom is 0.416 e. The van der Waals surface area contributed by atoms with Crippen molar-refractivity contribution in [3.63, 3.8) is 0 Å². The standard InChI is InChI=1S/C16H13F3N2/c1-10-4-3-5-11(2)15(10)21-14-7-6-13(16(17,18)19)8-12(14)9-20/h3-8,21H,1-2H3. The van der Waals surface area contributed by atoms with E-state index in [2.05, 4.69) is 5.32 Å². The van der Waals surface area contributed by atoms with E-state index in [0.29, 0.717) is 5.69 Å². The number of nitriles is 1. The van der Waals surface area contributed by atoms with Crippen LogP contribution in [0.3, 0.4) is 0 Å². The Morgan fingerprint density at radius 3 is 2.19 bits per heavy atom. The lowest BCUT2D eigenvalue weighted by atomic mass is 10.1. The Labute approximate surface area is 120 Å². The van der Waals surface area contributed by atoms with E-state index >= 15 is 0 Å². The number of benzene rings is 2. The van der Waals surface area contributed by atoms with Crippen molar-refractivity contribution in [1.29, 1.82) is 5.26 Å². The molecule has 2 rings (SSSR count). The first-order valence-corrected chi connectivity index (χ1v) is 6.27. The molecule has 0 bridgehead atoms. The van der Waals surface area contributed by atoms with E-state index in [9.17, 15) is 13.2 Å². The molecule has 0 saturated carbocycles. The second kappa shape index (κ2) is 5.49. The molecule has 0 unspecified atom stereocenters. The zero-order chi connectivity index (χ0) is 15.6. The van der Waals surface area contributed by atoms with Gasteiger partial charge in [-0.15, -0.1) is 0 Å². The van der Waals surface area contributed by atoms with Crippen LogP contribution in [0, 0.1) is 25.2 Å². The van der Waals surface area contributed by atoms with Crippen molar-refractivity contribution in [2.45, 2.75) is 20.0 Å². The molecule has 0 heterocycles. The van der Waals surface area contributed by atoms with E-state index < -0.39 is 11.7 Å². The summed E-state index contributed by atoms with van der Waals surface area (Å²) in [7, 11) is 0. The summed E-state index contributed by atoms with van der Waals surface area (Å²) in [6.45, 7) is 3.79. The molecule has 108 valence electrons. The first-order valence-electron chi connectivity index (χ1n) is 6.27. The van der Waals surface area contributed by atoms with E-state index in [-0.39, 0.29) is 5.56 Å². The highest BCUT2D eigenvalue weighted by atomic mass is 19.4. The Kier molecular flexibility index (Phi) is 3.90. The van der Waals surface area contributed by atoms with Crippen LogP contribution in [0.15, 0.2) is 36.4 Å². The minimum Gasteiger partial charge on any atom is -0.354 e. The van der Waals surface area contributed by atoms with Crippen molar-refractivity contribution in [3.05, 3.63) is 58.7 Å². The summed E-state index contributed by atoms with van der Waals surface area (Å²) in [6, 6.07) is 10.6. The third kappa shape index (κ3) is 3.16. The summed E-state index contributed by atoms with van der Waals surface area (Å²) in [5.74, 6) is 0. The van der Waals surface area contributed by atoms with Gasteiger partial charge in [-0.3, -0.25) is 0 Å². The maximum absolute atomic E-state index is 12.7. The van der Waals surface area contributed by atoms with Crippen molar-refractivity contribution >= 4 is 11.4 Å². The van der Waals surface area contributed by atoms with Gasteiger partial charge in [0, 0.05) is 5.69 Å². The largest absolute Gasteiger partial charge is 0.416 e. The molecule has 0 saturated heterocycles. The summed E-state index contributed by atoms with van der Waals surface area (Å²) in [6.07, 6.45) is -4.46. The molecule has 0 fully saturated rings. The van der Waals surface area contributed by atoms with Crippen molar-refractivity contribution in [2.24, 2.45) is 0 Å².